The standard InChI is InChI=1S/C8H14O/c1-6(2)5-8(9)7-3-4-7/h5,7-9H,3-4H2,1-2H3/t8-/m1/s1. The fourth-order valence-electron chi connectivity index (χ4n) is 0.915. The van der Waals surface area contributed by atoms with Crippen LogP contribution in [0.1, 0.15) is 26.7 Å². The molecule has 0 heterocycles. The van der Waals surface area contributed by atoms with Crippen molar-refractivity contribution < 1.29 is 5.11 Å². The van der Waals surface area contributed by atoms with Crippen molar-refractivity contribution in [2.24, 2.45) is 5.92 Å². The predicted molar refractivity (Wildman–Crippen MR) is 38.2 cm³/mol. The number of hydrogen-bond acceptors (Lipinski definition) is 1. The normalized spacial score (nSPS) is 21.2. The van der Waals surface area contributed by atoms with E-state index in [2.05, 4.69) is 0 Å². The lowest BCUT2D eigenvalue weighted by Crippen LogP contribution is -2.04. The lowest BCUT2D eigenvalue weighted by atomic mass is 10.2. The summed E-state index contributed by atoms with van der Waals surface area (Å²) in [5.74, 6) is 0.583. The quantitative estimate of drug-likeness (QED) is 0.558. The third-order valence-corrected chi connectivity index (χ3v) is 1.61. The lowest BCUT2D eigenvalue weighted by molar-refractivity contribution is 0.199. The van der Waals surface area contributed by atoms with Gasteiger partial charge < -0.3 is 5.11 Å². The van der Waals surface area contributed by atoms with E-state index < -0.39 is 0 Å². The Balaban J connectivity index is 2.33. The van der Waals surface area contributed by atoms with E-state index in [0.717, 1.165) is 0 Å². The lowest BCUT2D eigenvalue weighted by Gasteiger charge is -2.01. The maximum absolute atomic E-state index is 9.28. The summed E-state index contributed by atoms with van der Waals surface area (Å²) in [5.41, 5.74) is 1.22. The average molecular weight is 126 g/mol. The van der Waals surface area contributed by atoms with Crippen LogP contribution < -0.4 is 0 Å². The van der Waals surface area contributed by atoms with Crippen molar-refractivity contribution in [2.45, 2.75) is 32.8 Å². The largest absolute Gasteiger partial charge is 0.389 e. The van der Waals surface area contributed by atoms with Crippen LogP contribution in [0.4, 0.5) is 0 Å². The van der Waals surface area contributed by atoms with Gasteiger partial charge in [-0.05, 0) is 32.6 Å². The van der Waals surface area contributed by atoms with Crippen LogP contribution in [0.15, 0.2) is 11.6 Å². The molecule has 1 heteroatoms. The summed E-state index contributed by atoms with van der Waals surface area (Å²) < 4.78 is 0. The number of hydrogen-bond donors (Lipinski definition) is 1. The van der Waals surface area contributed by atoms with Gasteiger partial charge in [-0.1, -0.05) is 11.6 Å². The first-order chi connectivity index (χ1) is 4.20. The minimum atomic E-state index is -0.157. The third kappa shape index (κ3) is 2.19. The van der Waals surface area contributed by atoms with Crippen LogP contribution in [0, 0.1) is 5.92 Å². The van der Waals surface area contributed by atoms with E-state index in [1.165, 1.54) is 18.4 Å². The molecule has 1 aliphatic rings. The molecule has 0 spiro atoms. The first kappa shape index (κ1) is 6.81. The molecule has 52 valence electrons. The number of allylic oxidation sites excluding steroid dienone is 1. The summed E-state index contributed by atoms with van der Waals surface area (Å²) in [7, 11) is 0. The van der Waals surface area contributed by atoms with Gasteiger partial charge in [-0.2, -0.15) is 0 Å². The van der Waals surface area contributed by atoms with Gasteiger partial charge in [-0.25, -0.2) is 0 Å². The van der Waals surface area contributed by atoms with Crippen molar-refractivity contribution in [3.63, 3.8) is 0 Å². The van der Waals surface area contributed by atoms with Crippen molar-refractivity contribution in [1.82, 2.24) is 0 Å². The molecule has 1 nitrogen and oxygen atoms in total. The molecule has 0 aromatic rings. The monoisotopic (exact) mass is 126 g/mol. The van der Waals surface area contributed by atoms with Crippen LogP contribution in [0.2, 0.25) is 0 Å². The average Bonchev–Trinajstić information content (AvgIpc) is 2.40. The van der Waals surface area contributed by atoms with Gasteiger partial charge in [0.2, 0.25) is 0 Å². The molecule has 1 aliphatic carbocycles. The molecule has 0 aromatic carbocycles. The van der Waals surface area contributed by atoms with Crippen molar-refractivity contribution >= 4 is 0 Å². The van der Waals surface area contributed by atoms with Gasteiger partial charge in [0.1, 0.15) is 0 Å². The SMILES string of the molecule is CC(C)=C[C@@H](O)C1CC1. The number of aliphatic hydroxyl groups is 1. The number of rotatable bonds is 2. The van der Waals surface area contributed by atoms with E-state index in [9.17, 15) is 5.11 Å². The molecule has 0 amide bonds. The molecule has 0 radical (unpaired) electrons. The molecule has 9 heavy (non-hydrogen) atoms. The first-order valence-corrected chi connectivity index (χ1v) is 3.53. The maximum Gasteiger partial charge on any atom is 0.0751 e. The van der Waals surface area contributed by atoms with E-state index in [1.54, 1.807) is 0 Å². The zero-order valence-electron chi connectivity index (χ0n) is 6.09. The van der Waals surface area contributed by atoms with Crippen LogP contribution in [0.3, 0.4) is 0 Å². The molecule has 0 saturated heterocycles. The fraction of sp³-hybridized carbons (Fsp3) is 0.750. The highest BCUT2D eigenvalue weighted by Crippen LogP contribution is 2.33. The van der Waals surface area contributed by atoms with Crippen LogP contribution in [0.5, 0.6) is 0 Å². The minimum Gasteiger partial charge on any atom is -0.389 e. The Kier molecular flexibility index (Phi) is 1.91. The molecule has 0 bridgehead atoms. The molecule has 0 aliphatic heterocycles. The van der Waals surface area contributed by atoms with Crippen LogP contribution in [0.25, 0.3) is 0 Å². The highest BCUT2D eigenvalue weighted by Gasteiger charge is 2.27. The van der Waals surface area contributed by atoms with Gasteiger partial charge in [0.05, 0.1) is 6.10 Å². The van der Waals surface area contributed by atoms with Crippen molar-refractivity contribution in [3.8, 4) is 0 Å². The Labute approximate surface area is 56.4 Å². The second-order valence-corrected chi connectivity index (χ2v) is 3.07. The summed E-state index contributed by atoms with van der Waals surface area (Å²) in [5, 5.41) is 9.28. The Morgan fingerprint density at radius 2 is 2.11 bits per heavy atom. The molecule has 1 saturated carbocycles. The highest BCUT2D eigenvalue weighted by molar-refractivity contribution is 5.02. The Morgan fingerprint density at radius 1 is 1.56 bits per heavy atom. The van der Waals surface area contributed by atoms with Crippen LogP contribution in [-0.4, -0.2) is 11.2 Å². The van der Waals surface area contributed by atoms with E-state index >= 15 is 0 Å². The van der Waals surface area contributed by atoms with Crippen molar-refractivity contribution in [2.75, 3.05) is 0 Å². The zero-order chi connectivity index (χ0) is 6.85. The van der Waals surface area contributed by atoms with Crippen molar-refractivity contribution in [1.29, 1.82) is 0 Å². The van der Waals surface area contributed by atoms with E-state index in [4.69, 9.17) is 0 Å². The summed E-state index contributed by atoms with van der Waals surface area (Å²) in [6.07, 6.45) is 4.21. The van der Waals surface area contributed by atoms with E-state index in [1.807, 2.05) is 19.9 Å². The molecule has 1 rings (SSSR count). The van der Waals surface area contributed by atoms with Gasteiger partial charge in [0.15, 0.2) is 0 Å². The van der Waals surface area contributed by atoms with E-state index in [-0.39, 0.29) is 6.10 Å². The molecule has 1 fully saturated rings. The Bertz CT molecular complexity index is 119. The molecular formula is C8H14O. The van der Waals surface area contributed by atoms with E-state index in [0.29, 0.717) is 5.92 Å². The Hall–Kier alpha value is -0.300. The molecular weight excluding hydrogens is 112 g/mol. The first-order valence-electron chi connectivity index (χ1n) is 3.53. The van der Waals surface area contributed by atoms with Gasteiger partial charge in [0.25, 0.3) is 0 Å². The highest BCUT2D eigenvalue weighted by atomic mass is 16.3. The smallest absolute Gasteiger partial charge is 0.0751 e. The Morgan fingerprint density at radius 3 is 2.44 bits per heavy atom. The summed E-state index contributed by atoms with van der Waals surface area (Å²) in [6.45, 7) is 4.04. The van der Waals surface area contributed by atoms with Crippen LogP contribution >= 0.6 is 0 Å². The molecule has 0 unspecified atom stereocenters. The second kappa shape index (κ2) is 2.53. The maximum atomic E-state index is 9.28. The second-order valence-electron chi connectivity index (χ2n) is 3.07. The fourth-order valence-corrected chi connectivity index (χ4v) is 0.915. The third-order valence-electron chi connectivity index (χ3n) is 1.61. The minimum absolute atomic E-state index is 0.157. The molecule has 1 N–H and O–H groups in total. The molecule has 0 aromatic heterocycles. The van der Waals surface area contributed by atoms with Gasteiger partial charge in [-0.15, -0.1) is 0 Å². The van der Waals surface area contributed by atoms with Crippen molar-refractivity contribution in [3.05, 3.63) is 11.6 Å². The van der Waals surface area contributed by atoms with Gasteiger partial charge in [0, 0.05) is 0 Å². The van der Waals surface area contributed by atoms with Gasteiger partial charge in [-0.3, -0.25) is 0 Å². The summed E-state index contributed by atoms with van der Waals surface area (Å²) in [6, 6.07) is 0. The predicted octanol–water partition coefficient (Wildman–Crippen LogP) is 1.72. The molecule has 1 atom stereocenters. The zero-order valence-corrected chi connectivity index (χ0v) is 6.09. The van der Waals surface area contributed by atoms with Gasteiger partial charge >= 0.3 is 0 Å². The number of aliphatic hydroxyl groups excluding tert-OH is 1. The topological polar surface area (TPSA) is 20.2 Å². The summed E-state index contributed by atoms with van der Waals surface area (Å²) >= 11 is 0. The summed E-state index contributed by atoms with van der Waals surface area (Å²) in [4.78, 5) is 0. The van der Waals surface area contributed by atoms with Crippen LogP contribution in [-0.2, 0) is 0 Å².